The van der Waals surface area contributed by atoms with Gasteiger partial charge in [-0.2, -0.15) is 11.3 Å². The number of rotatable bonds is 4. The largest absolute Gasteiger partial charge is 0.294 e. The fraction of sp³-hybridized carbons (Fsp3) is 0.154. The van der Waals surface area contributed by atoms with Gasteiger partial charge in [-0.1, -0.05) is 11.6 Å². The van der Waals surface area contributed by atoms with Gasteiger partial charge in [-0.05, 0) is 47.0 Å². The van der Waals surface area contributed by atoms with Gasteiger partial charge in [0, 0.05) is 11.4 Å². The van der Waals surface area contributed by atoms with Crippen molar-refractivity contribution in [3.63, 3.8) is 0 Å². The summed E-state index contributed by atoms with van der Waals surface area (Å²) in [6.07, 6.45) is 0.958. The molecule has 0 unspecified atom stereocenters. The number of carbonyl (C=O) groups excluding carboxylic acids is 1. The number of thiophene rings is 1. The first-order chi connectivity index (χ1) is 8.16. The number of hydrogen-bond acceptors (Lipinski definition) is 2. The van der Waals surface area contributed by atoms with Crippen LogP contribution in [0.5, 0.6) is 0 Å². The molecule has 0 radical (unpaired) electrons. The highest BCUT2D eigenvalue weighted by atomic mass is 35.5. The summed E-state index contributed by atoms with van der Waals surface area (Å²) in [6.45, 7) is 0. The van der Waals surface area contributed by atoms with Crippen molar-refractivity contribution in [3.8, 4) is 0 Å². The Kier molecular flexibility index (Phi) is 3.92. The van der Waals surface area contributed by atoms with E-state index in [1.807, 2.05) is 16.8 Å². The normalized spacial score (nSPS) is 10.5. The maximum Gasteiger partial charge on any atom is 0.166 e. The average molecular weight is 269 g/mol. The van der Waals surface area contributed by atoms with Crippen molar-refractivity contribution >= 4 is 28.7 Å². The molecule has 2 rings (SSSR count). The SMILES string of the molecule is O=C(CCc1ccsc1)c1ccc(Cl)cc1F. The lowest BCUT2D eigenvalue weighted by Crippen LogP contribution is -2.03. The van der Waals surface area contributed by atoms with E-state index in [0.717, 1.165) is 5.56 Å². The van der Waals surface area contributed by atoms with Crippen LogP contribution in [-0.4, -0.2) is 5.78 Å². The van der Waals surface area contributed by atoms with Gasteiger partial charge in [0.05, 0.1) is 5.56 Å². The molecule has 0 spiro atoms. The molecule has 1 nitrogen and oxygen atoms in total. The summed E-state index contributed by atoms with van der Waals surface area (Å²) in [5.41, 5.74) is 1.22. The second-order valence-corrected chi connectivity index (χ2v) is 4.90. The Balaban J connectivity index is 2.04. The molecule has 4 heteroatoms. The highest BCUT2D eigenvalue weighted by Crippen LogP contribution is 2.17. The summed E-state index contributed by atoms with van der Waals surface area (Å²) < 4.78 is 13.5. The van der Waals surface area contributed by atoms with Gasteiger partial charge >= 0.3 is 0 Å². The van der Waals surface area contributed by atoms with Crippen molar-refractivity contribution in [3.05, 3.63) is 57.0 Å². The number of halogens is 2. The number of Topliss-reactive ketones (excluding diaryl/α,β-unsaturated/α-hetero) is 1. The summed E-state index contributed by atoms with van der Waals surface area (Å²) in [6, 6.07) is 6.10. The van der Waals surface area contributed by atoms with Crippen molar-refractivity contribution in [2.75, 3.05) is 0 Å². The van der Waals surface area contributed by atoms with E-state index in [0.29, 0.717) is 17.9 Å². The highest BCUT2D eigenvalue weighted by molar-refractivity contribution is 7.07. The summed E-state index contributed by atoms with van der Waals surface area (Å²) in [5.74, 6) is -0.738. The van der Waals surface area contributed by atoms with Gasteiger partial charge < -0.3 is 0 Å². The minimum atomic E-state index is -0.548. The molecular formula is C13H10ClFOS. The first-order valence-corrected chi connectivity index (χ1v) is 6.48. The van der Waals surface area contributed by atoms with Gasteiger partial charge in [0.2, 0.25) is 0 Å². The van der Waals surface area contributed by atoms with Crippen LogP contribution in [0.25, 0.3) is 0 Å². The molecule has 88 valence electrons. The fourth-order valence-corrected chi connectivity index (χ4v) is 2.40. The topological polar surface area (TPSA) is 17.1 Å². The standard InChI is InChI=1S/C13H10ClFOS/c14-10-2-3-11(12(15)7-10)13(16)4-1-9-5-6-17-8-9/h2-3,5-8H,1,4H2. The number of benzene rings is 1. The second-order valence-electron chi connectivity index (χ2n) is 3.68. The Hall–Kier alpha value is -1.19. The Labute approximate surface area is 108 Å². The van der Waals surface area contributed by atoms with E-state index in [1.165, 1.54) is 18.2 Å². The Bertz CT molecular complexity index is 522. The lowest BCUT2D eigenvalue weighted by Gasteiger charge is -2.02. The molecule has 0 saturated heterocycles. The highest BCUT2D eigenvalue weighted by Gasteiger charge is 2.11. The zero-order valence-corrected chi connectivity index (χ0v) is 10.5. The van der Waals surface area contributed by atoms with Crippen molar-refractivity contribution in [1.29, 1.82) is 0 Å². The molecule has 0 atom stereocenters. The zero-order chi connectivity index (χ0) is 12.3. The van der Waals surface area contributed by atoms with Crippen LogP contribution in [0.2, 0.25) is 5.02 Å². The minimum absolute atomic E-state index is 0.115. The molecule has 0 bridgehead atoms. The molecule has 0 amide bonds. The van der Waals surface area contributed by atoms with Crippen LogP contribution in [0.1, 0.15) is 22.3 Å². The van der Waals surface area contributed by atoms with Gasteiger partial charge in [0.1, 0.15) is 5.82 Å². The van der Waals surface area contributed by atoms with Crippen LogP contribution in [0, 0.1) is 5.82 Å². The fourth-order valence-electron chi connectivity index (χ4n) is 1.54. The van der Waals surface area contributed by atoms with Crippen LogP contribution in [0.4, 0.5) is 4.39 Å². The van der Waals surface area contributed by atoms with Crippen LogP contribution >= 0.6 is 22.9 Å². The molecule has 17 heavy (non-hydrogen) atoms. The van der Waals surface area contributed by atoms with Gasteiger partial charge in [0.25, 0.3) is 0 Å². The first kappa shape index (κ1) is 12.3. The molecule has 0 saturated carbocycles. The van der Waals surface area contributed by atoms with Gasteiger partial charge in [-0.15, -0.1) is 0 Å². The quantitative estimate of drug-likeness (QED) is 0.753. The summed E-state index contributed by atoms with van der Waals surface area (Å²) >= 11 is 7.22. The predicted molar refractivity (Wildman–Crippen MR) is 68.4 cm³/mol. The predicted octanol–water partition coefficient (Wildman–Crippen LogP) is 4.36. The van der Waals surface area contributed by atoms with E-state index < -0.39 is 5.82 Å². The number of carbonyl (C=O) groups is 1. The zero-order valence-electron chi connectivity index (χ0n) is 8.95. The maximum atomic E-state index is 13.5. The third-order valence-electron chi connectivity index (χ3n) is 2.45. The van der Waals surface area contributed by atoms with E-state index in [1.54, 1.807) is 11.3 Å². The van der Waals surface area contributed by atoms with Crippen LogP contribution in [-0.2, 0) is 6.42 Å². The molecule has 0 aliphatic heterocycles. The minimum Gasteiger partial charge on any atom is -0.294 e. The van der Waals surface area contributed by atoms with Gasteiger partial charge in [-0.3, -0.25) is 4.79 Å². The Morgan fingerprint density at radius 3 is 2.82 bits per heavy atom. The Morgan fingerprint density at radius 1 is 1.35 bits per heavy atom. The molecule has 0 N–H and O–H groups in total. The van der Waals surface area contributed by atoms with E-state index in [2.05, 4.69) is 0 Å². The van der Waals surface area contributed by atoms with E-state index in [4.69, 9.17) is 11.6 Å². The van der Waals surface area contributed by atoms with Gasteiger partial charge in [0.15, 0.2) is 5.78 Å². The molecule has 0 aliphatic rings. The molecule has 1 aromatic carbocycles. The molecular weight excluding hydrogens is 259 g/mol. The second kappa shape index (κ2) is 5.43. The van der Waals surface area contributed by atoms with Crippen LogP contribution in [0.3, 0.4) is 0 Å². The molecule has 0 fully saturated rings. The molecule has 0 aliphatic carbocycles. The third kappa shape index (κ3) is 3.14. The summed E-state index contributed by atoms with van der Waals surface area (Å²) in [4.78, 5) is 11.8. The van der Waals surface area contributed by atoms with Crippen molar-refractivity contribution < 1.29 is 9.18 Å². The van der Waals surface area contributed by atoms with Crippen molar-refractivity contribution in [2.24, 2.45) is 0 Å². The van der Waals surface area contributed by atoms with E-state index in [9.17, 15) is 9.18 Å². The smallest absolute Gasteiger partial charge is 0.166 e. The lowest BCUT2D eigenvalue weighted by molar-refractivity contribution is 0.0979. The first-order valence-electron chi connectivity index (χ1n) is 5.16. The summed E-state index contributed by atoms with van der Waals surface area (Å²) in [7, 11) is 0. The van der Waals surface area contributed by atoms with Crippen molar-refractivity contribution in [1.82, 2.24) is 0 Å². The average Bonchev–Trinajstić information content (AvgIpc) is 2.78. The maximum absolute atomic E-state index is 13.5. The van der Waals surface area contributed by atoms with Crippen LogP contribution < -0.4 is 0 Å². The molecule has 1 aromatic heterocycles. The van der Waals surface area contributed by atoms with E-state index >= 15 is 0 Å². The van der Waals surface area contributed by atoms with Gasteiger partial charge in [-0.25, -0.2) is 4.39 Å². The third-order valence-corrected chi connectivity index (χ3v) is 3.42. The van der Waals surface area contributed by atoms with Crippen molar-refractivity contribution in [2.45, 2.75) is 12.8 Å². The van der Waals surface area contributed by atoms with E-state index in [-0.39, 0.29) is 11.3 Å². The summed E-state index contributed by atoms with van der Waals surface area (Å²) in [5, 5.41) is 4.26. The molecule has 2 aromatic rings. The molecule has 1 heterocycles. The number of hydrogen-bond donors (Lipinski definition) is 0. The van der Waals surface area contributed by atoms with Crippen LogP contribution in [0.15, 0.2) is 35.0 Å². The lowest BCUT2D eigenvalue weighted by atomic mass is 10.0. The number of aryl methyl sites for hydroxylation is 1. The Morgan fingerprint density at radius 2 is 2.18 bits per heavy atom. The number of ketones is 1. The monoisotopic (exact) mass is 268 g/mol.